The minimum atomic E-state index is 0.896. The Hall–Kier alpha value is -7.36. The molecular weight excluding hydrogens is 669 g/mol. The van der Waals surface area contributed by atoms with E-state index in [0.717, 1.165) is 34.0 Å². The number of rotatable bonds is 4. The second-order valence-electron chi connectivity index (χ2n) is 14.5. The van der Waals surface area contributed by atoms with Crippen molar-refractivity contribution < 1.29 is 4.74 Å². The van der Waals surface area contributed by atoms with Gasteiger partial charge in [0, 0.05) is 49.9 Å². The van der Waals surface area contributed by atoms with Crippen LogP contribution in [0.5, 0.6) is 11.5 Å². The smallest absolute Gasteiger partial charge is 0.138 e. The highest BCUT2D eigenvalue weighted by atomic mass is 16.5. The van der Waals surface area contributed by atoms with Gasteiger partial charge < -0.3 is 13.9 Å². The van der Waals surface area contributed by atoms with Gasteiger partial charge in [-0.15, -0.1) is 0 Å². The average molecular weight is 701 g/mol. The van der Waals surface area contributed by atoms with Gasteiger partial charge in [-0.1, -0.05) is 133 Å². The van der Waals surface area contributed by atoms with Gasteiger partial charge in [-0.3, -0.25) is 0 Å². The van der Waals surface area contributed by atoms with Crippen LogP contribution in [-0.2, 0) is 0 Å². The van der Waals surface area contributed by atoms with Crippen molar-refractivity contribution in [2.24, 2.45) is 0 Å². The van der Waals surface area contributed by atoms with Crippen LogP contribution in [0.1, 0.15) is 0 Å². The lowest BCUT2D eigenvalue weighted by atomic mass is 9.92. The summed E-state index contributed by atoms with van der Waals surface area (Å²) in [7, 11) is 0. The molecule has 12 rings (SSSR count). The molecule has 0 bridgehead atoms. The van der Waals surface area contributed by atoms with Crippen LogP contribution in [0, 0.1) is 0 Å². The van der Waals surface area contributed by atoms with E-state index in [1.807, 2.05) is 6.07 Å². The molecule has 2 aromatic heterocycles. The number of fused-ring (bicyclic) bond motifs is 9. The van der Waals surface area contributed by atoms with Gasteiger partial charge in [0.15, 0.2) is 0 Å². The van der Waals surface area contributed by atoms with Gasteiger partial charge in [-0.25, -0.2) is 0 Å². The lowest BCUT2D eigenvalue weighted by Crippen LogP contribution is -1.98. The molecule has 0 spiro atoms. The first-order valence-electron chi connectivity index (χ1n) is 18.8. The van der Waals surface area contributed by atoms with Gasteiger partial charge in [0.1, 0.15) is 11.5 Å². The second-order valence-corrected chi connectivity index (χ2v) is 14.5. The molecule has 9 aromatic carbocycles. The molecule has 3 heterocycles. The summed E-state index contributed by atoms with van der Waals surface area (Å²) in [6.07, 6.45) is 0. The summed E-state index contributed by atoms with van der Waals surface area (Å²) in [6.45, 7) is 0. The van der Waals surface area contributed by atoms with E-state index in [2.05, 4.69) is 197 Å². The zero-order valence-corrected chi connectivity index (χ0v) is 29.8. The minimum absolute atomic E-state index is 0.896. The number of aromatic nitrogens is 2. The van der Waals surface area contributed by atoms with Crippen LogP contribution in [-0.4, -0.2) is 9.13 Å². The third-order valence-electron chi connectivity index (χ3n) is 11.5. The highest BCUT2D eigenvalue weighted by Crippen LogP contribution is 2.50. The Bertz CT molecular complexity index is 3320. The Morgan fingerprint density at radius 3 is 1.78 bits per heavy atom. The Balaban J connectivity index is 1.06. The minimum Gasteiger partial charge on any atom is -0.456 e. The molecule has 1 aliphatic heterocycles. The molecule has 0 radical (unpaired) electrons. The number of ether oxygens (including phenoxy) is 1. The molecule has 1 aliphatic rings. The van der Waals surface area contributed by atoms with Crippen LogP contribution in [0.15, 0.2) is 194 Å². The molecule has 11 aromatic rings. The summed E-state index contributed by atoms with van der Waals surface area (Å²) in [5.74, 6) is 1.79. The van der Waals surface area contributed by atoms with Crippen molar-refractivity contribution in [1.29, 1.82) is 0 Å². The van der Waals surface area contributed by atoms with Gasteiger partial charge >= 0.3 is 0 Å². The summed E-state index contributed by atoms with van der Waals surface area (Å²) in [5, 5.41) is 7.32. The molecule has 0 amide bonds. The van der Waals surface area contributed by atoms with Crippen LogP contribution in [0.2, 0.25) is 0 Å². The lowest BCUT2D eigenvalue weighted by molar-refractivity contribution is 0.487. The SMILES string of the molecule is c1ccc(-c2ccc(-n3c4ccccc4c4cc(-c5ccc6c7c8cccc9c8c(cc7n(-c7ccccc7)c6c5)Oc5ccccc5-9)ccc43)cc2)cc1. The first-order chi connectivity index (χ1) is 27.3. The van der Waals surface area contributed by atoms with Crippen LogP contribution in [0.25, 0.3) is 99.1 Å². The van der Waals surface area contributed by atoms with Crippen molar-refractivity contribution in [3.05, 3.63) is 194 Å². The number of hydrogen-bond acceptors (Lipinski definition) is 1. The zero-order chi connectivity index (χ0) is 36.0. The first kappa shape index (κ1) is 30.1. The predicted octanol–water partition coefficient (Wildman–Crippen LogP) is 14.1. The molecule has 0 fully saturated rings. The van der Waals surface area contributed by atoms with Crippen molar-refractivity contribution in [3.63, 3.8) is 0 Å². The lowest BCUT2D eigenvalue weighted by Gasteiger charge is -2.22. The normalized spacial score (nSPS) is 12.1. The number of hydrogen-bond donors (Lipinski definition) is 0. The third kappa shape index (κ3) is 4.44. The largest absolute Gasteiger partial charge is 0.456 e. The predicted molar refractivity (Wildman–Crippen MR) is 229 cm³/mol. The van der Waals surface area contributed by atoms with Crippen LogP contribution in [0.4, 0.5) is 0 Å². The molecule has 3 heteroatoms. The highest BCUT2D eigenvalue weighted by Gasteiger charge is 2.25. The molecular formula is C52H32N2O. The van der Waals surface area contributed by atoms with Crippen molar-refractivity contribution in [2.75, 3.05) is 0 Å². The van der Waals surface area contributed by atoms with E-state index >= 15 is 0 Å². The van der Waals surface area contributed by atoms with Gasteiger partial charge in [0.05, 0.1) is 22.1 Å². The summed E-state index contributed by atoms with van der Waals surface area (Å²) >= 11 is 0. The fourth-order valence-electron chi connectivity index (χ4n) is 9.05. The second kappa shape index (κ2) is 11.6. The topological polar surface area (TPSA) is 19.1 Å². The molecule has 3 nitrogen and oxygen atoms in total. The summed E-state index contributed by atoms with van der Waals surface area (Å²) in [5.41, 5.74) is 14.1. The number of nitrogens with zero attached hydrogens (tertiary/aromatic N) is 2. The maximum Gasteiger partial charge on any atom is 0.138 e. The number of benzene rings is 9. The van der Waals surface area contributed by atoms with E-state index in [-0.39, 0.29) is 0 Å². The van der Waals surface area contributed by atoms with E-state index in [9.17, 15) is 0 Å². The maximum atomic E-state index is 6.66. The molecule has 55 heavy (non-hydrogen) atoms. The molecule has 0 aliphatic carbocycles. The van der Waals surface area contributed by atoms with E-state index < -0.39 is 0 Å². The monoisotopic (exact) mass is 700 g/mol. The maximum absolute atomic E-state index is 6.66. The Labute approximate surface area is 317 Å². The Morgan fingerprint density at radius 2 is 0.909 bits per heavy atom. The van der Waals surface area contributed by atoms with Crippen LogP contribution >= 0.6 is 0 Å². The van der Waals surface area contributed by atoms with Crippen molar-refractivity contribution in [2.45, 2.75) is 0 Å². The molecule has 256 valence electrons. The van der Waals surface area contributed by atoms with Crippen molar-refractivity contribution in [1.82, 2.24) is 9.13 Å². The van der Waals surface area contributed by atoms with E-state index in [1.165, 1.54) is 76.7 Å². The Kier molecular flexibility index (Phi) is 6.34. The fourth-order valence-corrected chi connectivity index (χ4v) is 9.05. The van der Waals surface area contributed by atoms with E-state index in [4.69, 9.17) is 4.74 Å². The molecule has 0 saturated carbocycles. The highest BCUT2D eigenvalue weighted by molar-refractivity contribution is 6.25. The van der Waals surface area contributed by atoms with Crippen molar-refractivity contribution in [3.8, 4) is 56.3 Å². The first-order valence-corrected chi connectivity index (χ1v) is 18.8. The van der Waals surface area contributed by atoms with Crippen LogP contribution in [0.3, 0.4) is 0 Å². The third-order valence-corrected chi connectivity index (χ3v) is 11.5. The molecule has 0 N–H and O–H groups in total. The van der Waals surface area contributed by atoms with Gasteiger partial charge in [-0.05, 0) is 87.8 Å². The summed E-state index contributed by atoms with van der Waals surface area (Å²) in [4.78, 5) is 0. The average Bonchev–Trinajstić information content (AvgIpc) is 3.76. The molecule has 0 unspecified atom stereocenters. The number of para-hydroxylation sites is 3. The molecule has 0 atom stereocenters. The quantitative estimate of drug-likeness (QED) is 0.179. The summed E-state index contributed by atoms with van der Waals surface area (Å²) in [6, 6.07) is 70.1. The van der Waals surface area contributed by atoms with E-state index in [0.29, 0.717) is 0 Å². The van der Waals surface area contributed by atoms with Crippen LogP contribution < -0.4 is 4.74 Å². The Morgan fingerprint density at radius 1 is 0.291 bits per heavy atom. The molecule has 0 saturated heterocycles. The standard InChI is InChI=1S/C52H32N2O/c1-3-12-33(13-4-1)34-22-26-38(27-23-34)53-45-20-9-7-16-39(45)44-30-35(25-29-46(44)53)36-24-28-42-47(31-36)54(37-14-5-2-6-15-37)48-32-50-52-41(18-11-19-43(52)51(42)48)40-17-8-10-21-49(40)55-50/h1-32H. The summed E-state index contributed by atoms with van der Waals surface area (Å²) < 4.78 is 11.5. The fraction of sp³-hybridized carbons (Fsp3) is 0. The van der Waals surface area contributed by atoms with Gasteiger partial charge in [0.25, 0.3) is 0 Å². The van der Waals surface area contributed by atoms with Crippen molar-refractivity contribution >= 4 is 54.4 Å². The van der Waals surface area contributed by atoms with Gasteiger partial charge in [-0.2, -0.15) is 0 Å². The zero-order valence-electron chi connectivity index (χ0n) is 29.8. The van der Waals surface area contributed by atoms with E-state index in [1.54, 1.807) is 0 Å². The van der Waals surface area contributed by atoms with Gasteiger partial charge in [0.2, 0.25) is 0 Å².